The molecule has 19 heavy (non-hydrogen) atoms. The molecule has 102 valence electrons. The molecular formula is C13H19N5S. The Labute approximate surface area is 117 Å². The molecule has 1 atom stereocenters. The Balaban J connectivity index is 1.64. The van der Waals surface area contributed by atoms with Crippen molar-refractivity contribution in [1.82, 2.24) is 25.1 Å². The first-order chi connectivity index (χ1) is 9.24. The van der Waals surface area contributed by atoms with Gasteiger partial charge >= 0.3 is 0 Å². The molecule has 0 amide bonds. The van der Waals surface area contributed by atoms with Gasteiger partial charge in [0, 0.05) is 24.0 Å². The van der Waals surface area contributed by atoms with Gasteiger partial charge in [-0.1, -0.05) is 0 Å². The second kappa shape index (κ2) is 5.38. The van der Waals surface area contributed by atoms with E-state index in [4.69, 9.17) is 0 Å². The highest BCUT2D eigenvalue weighted by atomic mass is 32.1. The summed E-state index contributed by atoms with van der Waals surface area (Å²) in [5.41, 5.74) is 1.09. The molecule has 0 saturated heterocycles. The third-order valence-corrected chi connectivity index (χ3v) is 4.65. The molecule has 0 fully saturated rings. The fourth-order valence-corrected chi connectivity index (χ4v) is 3.23. The number of rotatable bonds is 4. The van der Waals surface area contributed by atoms with Crippen LogP contribution in [0, 0.1) is 6.92 Å². The standard InChI is InChI=1S/C13H19N5S/c1-9-8-19-13(15-9)10(2)14-7-12-17-16-11-5-3-4-6-18(11)12/h8,10,14H,3-7H2,1-2H3. The number of hydrogen-bond donors (Lipinski definition) is 1. The first-order valence-corrected chi connectivity index (χ1v) is 7.68. The second-order valence-electron chi connectivity index (χ2n) is 5.07. The molecule has 2 aromatic heterocycles. The van der Waals surface area contributed by atoms with Gasteiger partial charge in [-0.25, -0.2) is 4.98 Å². The minimum absolute atomic E-state index is 0.259. The van der Waals surface area contributed by atoms with Crippen LogP contribution in [0.15, 0.2) is 5.38 Å². The Bertz CT molecular complexity index is 559. The van der Waals surface area contributed by atoms with Crippen molar-refractivity contribution in [1.29, 1.82) is 0 Å². The monoisotopic (exact) mass is 277 g/mol. The van der Waals surface area contributed by atoms with Crippen LogP contribution in [-0.2, 0) is 19.5 Å². The smallest absolute Gasteiger partial charge is 0.147 e. The third-order valence-electron chi connectivity index (χ3n) is 3.51. The zero-order valence-electron chi connectivity index (χ0n) is 11.4. The average molecular weight is 277 g/mol. The molecule has 2 aromatic rings. The van der Waals surface area contributed by atoms with Crippen LogP contribution in [-0.4, -0.2) is 19.7 Å². The van der Waals surface area contributed by atoms with Crippen molar-refractivity contribution in [3.8, 4) is 0 Å². The molecule has 0 saturated carbocycles. The van der Waals surface area contributed by atoms with Crippen molar-refractivity contribution in [2.45, 2.75) is 52.2 Å². The molecule has 1 aliphatic rings. The molecule has 0 spiro atoms. The van der Waals surface area contributed by atoms with Gasteiger partial charge in [-0.2, -0.15) is 0 Å². The quantitative estimate of drug-likeness (QED) is 0.931. The predicted octanol–water partition coefficient (Wildman–Crippen LogP) is 2.23. The lowest BCUT2D eigenvalue weighted by atomic mass is 10.2. The van der Waals surface area contributed by atoms with Gasteiger partial charge in [0.1, 0.15) is 16.7 Å². The van der Waals surface area contributed by atoms with Crippen LogP contribution < -0.4 is 5.32 Å². The normalized spacial score (nSPS) is 16.3. The Morgan fingerprint density at radius 2 is 2.32 bits per heavy atom. The van der Waals surface area contributed by atoms with Gasteiger partial charge in [0.25, 0.3) is 0 Å². The summed E-state index contributed by atoms with van der Waals surface area (Å²) in [5.74, 6) is 2.19. The van der Waals surface area contributed by atoms with Crippen molar-refractivity contribution >= 4 is 11.3 Å². The van der Waals surface area contributed by atoms with Crippen LogP contribution in [0.1, 0.15) is 48.2 Å². The number of thiazole rings is 1. The molecule has 3 heterocycles. The molecule has 6 heteroatoms. The zero-order chi connectivity index (χ0) is 13.2. The lowest BCUT2D eigenvalue weighted by Gasteiger charge is -2.16. The topological polar surface area (TPSA) is 55.6 Å². The Morgan fingerprint density at radius 3 is 3.11 bits per heavy atom. The van der Waals surface area contributed by atoms with Gasteiger partial charge in [0.15, 0.2) is 0 Å². The minimum atomic E-state index is 0.259. The largest absolute Gasteiger partial charge is 0.314 e. The van der Waals surface area contributed by atoms with Gasteiger partial charge in [-0.05, 0) is 26.7 Å². The first kappa shape index (κ1) is 12.7. The van der Waals surface area contributed by atoms with Crippen LogP contribution in [0.5, 0.6) is 0 Å². The zero-order valence-corrected chi connectivity index (χ0v) is 12.2. The Kier molecular flexibility index (Phi) is 3.61. The maximum atomic E-state index is 4.51. The molecular weight excluding hydrogens is 258 g/mol. The summed E-state index contributed by atoms with van der Waals surface area (Å²) in [6.07, 6.45) is 3.54. The number of aryl methyl sites for hydroxylation is 2. The Hall–Kier alpha value is -1.27. The number of nitrogens with zero attached hydrogens (tertiary/aromatic N) is 4. The van der Waals surface area contributed by atoms with E-state index in [0.717, 1.165) is 41.9 Å². The number of aromatic nitrogens is 4. The maximum Gasteiger partial charge on any atom is 0.147 e. The van der Waals surface area contributed by atoms with E-state index in [1.807, 2.05) is 6.92 Å². The van der Waals surface area contributed by atoms with E-state index in [0.29, 0.717) is 0 Å². The fraction of sp³-hybridized carbons (Fsp3) is 0.615. The summed E-state index contributed by atoms with van der Waals surface area (Å²) in [6.45, 7) is 5.99. The molecule has 1 aliphatic heterocycles. The predicted molar refractivity (Wildman–Crippen MR) is 75.1 cm³/mol. The molecule has 0 aromatic carbocycles. The number of hydrogen-bond acceptors (Lipinski definition) is 5. The van der Waals surface area contributed by atoms with E-state index in [-0.39, 0.29) is 6.04 Å². The van der Waals surface area contributed by atoms with Crippen molar-refractivity contribution in [2.75, 3.05) is 0 Å². The van der Waals surface area contributed by atoms with Crippen molar-refractivity contribution in [2.24, 2.45) is 0 Å². The summed E-state index contributed by atoms with van der Waals surface area (Å²) in [6, 6.07) is 0.259. The summed E-state index contributed by atoms with van der Waals surface area (Å²) >= 11 is 1.71. The highest BCUT2D eigenvalue weighted by molar-refractivity contribution is 7.09. The molecule has 1 N–H and O–H groups in total. The number of fused-ring (bicyclic) bond motifs is 1. The third kappa shape index (κ3) is 2.69. The van der Waals surface area contributed by atoms with E-state index in [1.54, 1.807) is 11.3 Å². The Morgan fingerprint density at radius 1 is 1.42 bits per heavy atom. The van der Waals surface area contributed by atoms with E-state index < -0.39 is 0 Å². The van der Waals surface area contributed by atoms with Crippen LogP contribution in [0.25, 0.3) is 0 Å². The summed E-state index contributed by atoms with van der Waals surface area (Å²) in [5, 5.41) is 15.3. The van der Waals surface area contributed by atoms with Crippen molar-refractivity contribution in [3.63, 3.8) is 0 Å². The van der Waals surface area contributed by atoms with E-state index in [9.17, 15) is 0 Å². The average Bonchev–Trinajstić information content (AvgIpc) is 3.02. The fourth-order valence-electron chi connectivity index (χ4n) is 2.40. The second-order valence-corrected chi connectivity index (χ2v) is 5.96. The summed E-state index contributed by atoms with van der Waals surface area (Å²) in [4.78, 5) is 4.51. The SMILES string of the molecule is Cc1csc(C(C)NCc2nnc3n2CCCC3)n1. The highest BCUT2D eigenvalue weighted by Gasteiger charge is 2.16. The minimum Gasteiger partial charge on any atom is -0.314 e. The molecule has 3 rings (SSSR count). The van der Waals surface area contributed by atoms with E-state index in [2.05, 4.69) is 37.4 Å². The van der Waals surface area contributed by atoms with Crippen molar-refractivity contribution in [3.05, 3.63) is 27.7 Å². The lowest BCUT2D eigenvalue weighted by molar-refractivity contribution is 0.483. The van der Waals surface area contributed by atoms with E-state index in [1.165, 1.54) is 12.8 Å². The molecule has 0 bridgehead atoms. The summed E-state index contributed by atoms with van der Waals surface area (Å²) in [7, 11) is 0. The van der Waals surface area contributed by atoms with Crippen LogP contribution >= 0.6 is 11.3 Å². The first-order valence-electron chi connectivity index (χ1n) is 6.80. The maximum absolute atomic E-state index is 4.51. The van der Waals surface area contributed by atoms with Crippen LogP contribution in [0.4, 0.5) is 0 Å². The van der Waals surface area contributed by atoms with Gasteiger partial charge in [-0.15, -0.1) is 21.5 Å². The highest BCUT2D eigenvalue weighted by Crippen LogP contribution is 2.19. The van der Waals surface area contributed by atoms with E-state index >= 15 is 0 Å². The van der Waals surface area contributed by atoms with Crippen LogP contribution in [0.3, 0.4) is 0 Å². The lowest BCUT2D eigenvalue weighted by Crippen LogP contribution is -2.22. The molecule has 1 unspecified atom stereocenters. The number of nitrogens with one attached hydrogen (secondary N) is 1. The molecule has 0 aliphatic carbocycles. The molecule has 5 nitrogen and oxygen atoms in total. The van der Waals surface area contributed by atoms with Gasteiger partial charge in [-0.3, -0.25) is 0 Å². The molecule has 0 radical (unpaired) electrons. The van der Waals surface area contributed by atoms with Crippen LogP contribution in [0.2, 0.25) is 0 Å². The van der Waals surface area contributed by atoms with Gasteiger partial charge in [0.05, 0.1) is 12.6 Å². The van der Waals surface area contributed by atoms with Gasteiger partial charge in [0.2, 0.25) is 0 Å². The summed E-state index contributed by atoms with van der Waals surface area (Å²) < 4.78 is 2.26. The van der Waals surface area contributed by atoms with Gasteiger partial charge < -0.3 is 9.88 Å². The van der Waals surface area contributed by atoms with Crippen molar-refractivity contribution < 1.29 is 0 Å².